The van der Waals surface area contributed by atoms with E-state index in [0.717, 1.165) is 16.3 Å². The van der Waals surface area contributed by atoms with Gasteiger partial charge in [-0.2, -0.15) is 0 Å². The fourth-order valence-corrected chi connectivity index (χ4v) is 3.29. The zero-order valence-corrected chi connectivity index (χ0v) is 15.5. The minimum absolute atomic E-state index is 0.281. The predicted molar refractivity (Wildman–Crippen MR) is 96.3 cm³/mol. The molecule has 1 N–H and O–H groups in total. The molecule has 2 rings (SSSR count). The molecule has 24 heavy (non-hydrogen) atoms. The maximum Gasteiger partial charge on any atom is 0.338 e. The molecule has 7 heteroatoms. The van der Waals surface area contributed by atoms with E-state index in [9.17, 15) is 9.59 Å². The highest BCUT2D eigenvalue weighted by Gasteiger charge is 2.16. The third-order valence-electron chi connectivity index (χ3n) is 2.81. The number of hydrogen-bond acceptors (Lipinski definition) is 6. The average Bonchev–Trinajstić information content (AvgIpc) is 3.03. The van der Waals surface area contributed by atoms with Gasteiger partial charge in [-0.05, 0) is 45.0 Å². The quantitative estimate of drug-likeness (QED) is 0.627. The highest BCUT2D eigenvalue weighted by Crippen LogP contribution is 2.23. The zero-order chi connectivity index (χ0) is 17.6. The van der Waals surface area contributed by atoms with Crippen molar-refractivity contribution < 1.29 is 14.3 Å². The molecule has 0 atom stereocenters. The van der Waals surface area contributed by atoms with Gasteiger partial charge < -0.3 is 10.1 Å². The first kappa shape index (κ1) is 18.5. The highest BCUT2D eigenvalue weighted by atomic mass is 32.2. The molecule has 0 aliphatic carbocycles. The summed E-state index contributed by atoms with van der Waals surface area (Å²) in [4.78, 5) is 28.9. The van der Waals surface area contributed by atoms with Crippen molar-refractivity contribution in [3.8, 4) is 0 Å². The topological polar surface area (TPSA) is 68.3 Å². The van der Waals surface area contributed by atoms with Crippen LogP contribution in [0.5, 0.6) is 0 Å². The molecule has 0 aliphatic heterocycles. The Labute approximate surface area is 149 Å². The van der Waals surface area contributed by atoms with E-state index in [2.05, 4.69) is 10.3 Å². The van der Waals surface area contributed by atoms with Crippen molar-refractivity contribution >= 4 is 35.0 Å². The minimum atomic E-state index is -0.505. The van der Waals surface area contributed by atoms with E-state index < -0.39 is 5.97 Å². The largest absolute Gasteiger partial charge is 0.452 e. The van der Waals surface area contributed by atoms with Gasteiger partial charge in [-0.15, -0.1) is 23.1 Å². The monoisotopic (exact) mass is 364 g/mol. The van der Waals surface area contributed by atoms with Gasteiger partial charge in [0.1, 0.15) is 0 Å². The number of thioether (sulfide) groups is 1. The zero-order valence-electron chi connectivity index (χ0n) is 13.9. The van der Waals surface area contributed by atoms with Crippen molar-refractivity contribution in [3.63, 3.8) is 0 Å². The third kappa shape index (κ3) is 6.33. The Balaban J connectivity index is 1.81. The van der Waals surface area contributed by atoms with Crippen LogP contribution in [0, 0.1) is 0 Å². The number of nitrogens with one attached hydrogen (secondary N) is 1. The van der Waals surface area contributed by atoms with E-state index in [1.165, 1.54) is 0 Å². The Morgan fingerprint density at radius 3 is 2.54 bits per heavy atom. The molecule has 1 aromatic heterocycles. The first-order valence-electron chi connectivity index (χ1n) is 7.41. The summed E-state index contributed by atoms with van der Waals surface area (Å²) in [6.45, 7) is 5.33. The van der Waals surface area contributed by atoms with E-state index in [1.807, 2.05) is 43.8 Å². The van der Waals surface area contributed by atoms with Crippen LogP contribution in [0.1, 0.15) is 36.8 Å². The van der Waals surface area contributed by atoms with Crippen molar-refractivity contribution in [3.05, 3.63) is 46.4 Å². The van der Waals surface area contributed by atoms with Crippen LogP contribution in [0.2, 0.25) is 0 Å². The summed E-state index contributed by atoms with van der Waals surface area (Å²) in [6.07, 6.45) is 0. The molecule has 0 saturated heterocycles. The Hall–Kier alpha value is -1.86. The Morgan fingerprint density at radius 2 is 1.96 bits per heavy atom. The van der Waals surface area contributed by atoms with Crippen LogP contribution in [-0.4, -0.2) is 29.0 Å². The van der Waals surface area contributed by atoms with E-state index >= 15 is 0 Å². The number of carbonyl (C=O) groups excluding carboxylic acids is 2. The molecule has 0 bridgehead atoms. The number of ether oxygens (including phenoxy) is 1. The molecule has 128 valence electrons. The molecule has 0 spiro atoms. The first-order valence-corrected chi connectivity index (χ1v) is 9.34. The number of rotatable bonds is 6. The Morgan fingerprint density at radius 1 is 1.25 bits per heavy atom. The van der Waals surface area contributed by atoms with Gasteiger partial charge in [-0.1, -0.05) is 0 Å². The first-order chi connectivity index (χ1) is 11.3. The van der Waals surface area contributed by atoms with Crippen LogP contribution in [0.3, 0.4) is 0 Å². The summed E-state index contributed by atoms with van der Waals surface area (Å²) in [7, 11) is 0. The summed E-state index contributed by atoms with van der Waals surface area (Å²) in [5.74, 6) is -0.0262. The van der Waals surface area contributed by atoms with Gasteiger partial charge in [0.05, 0.1) is 16.8 Å². The summed E-state index contributed by atoms with van der Waals surface area (Å²) >= 11 is 3.22. The van der Waals surface area contributed by atoms with Crippen molar-refractivity contribution in [1.82, 2.24) is 10.3 Å². The maximum absolute atomic E-state index is 12.0. The van der Waals surface area contributed by atoms with Crippen molar-refractivity contribution in [1.29, 1.82) is 0 Å². The molecule has 0 unspecified atom stereocenters. The van der Waals surface area contributed by atoms with Gasteiger partial charge in [0.2, 0.25) is 0 Å². The molecule has 5 nitrogen and oxygen atoms in total. The number of aromatic nitrogens is 1. The molecule has 0 fully saturated rings. The van der Waals surface area contributed by atoms with Gasteiger partial charge in [-0.3, -0.25) is 4.79 Å². The van der Waals surface area contributed by atoms with Crippen LogP contribution in [0.15, 0.2) is 40.1 Å². The Bertz CT molecular complexity index is 677. The van der Waals surface area contributed by atoms with Crippen LogP contribution in [-0.2, 0) is 15.3 Å². The lowest BCUT2D eigenvalue weighted by molar-refractivity contribution is -0.125. The molecule has 1 amide bonds. The summed E-state index contributed by atoms with van der Waals surface area (Å²) < 4.78 is 5.03. The van der Waals surface area contributed by atoms with Crippen LogP contribution in [0.4, 0.5) is 0 Å². The maximum atomic E-state index is 12.0. The molecular weight excluding hydrogens is 344 g/mol. The Kier molecular flexibility index (Phi) is 6.39. The predicted octanol–water partition coefficient (Wildman–Crippen LogP) is 3.51. The average molecular weight is 364 g/mol. The number of amides is 1. The van der Waals surface area contributed by atoms with Gasteiger partial charge >= 0.3 is 5.97 Å². The summed E-state index contributed by atoms with van der Waals surface area (Å²) in [5.41, 5.74) is 2.93. The number of carbonyl (C=O) groups is 2. The minimum Gasteiger partial charge on any atom is -0.452 e. The van der Waals surface area contributed by atoms with E-state index in [4.69, 9.17) is 4.74 Å². The van der Waals surface area contributed by atoms with Gasteiger partial charge in [0.15, 0.2) is 6.61 Å². The fraction of sp³-hybridized carbons (Fsp3) is 0.353. The summed E-state index contributed by atoms with van der Waals surface area (Å²) in [5, 5.41) is 4.76. The normalized spacial score (nSPS) is 11.1. The van der Waals surface area contributed by atoms with Gasteiger partial charge in [-0.25, -0.2) is 9.78 Å². The van der Waals surface area contributed by atoms with Crippen molar-refractivity contribution in [2.75, 3.05) is 6.61 Å². The lowest BCUT2D eigenvalue weighted by Gasteiger charge is -2.20. The number of hydrogen-bond donors (Lipinski definition) is 1. The molecule has 1 heterocycles. The van der Waals surface area contributed by atoms with E-state index in [-0.39, 0.29) is 18.1 Å². The molecule has 0 radical (unpaired) electrons. The van der Waals surface area contributed by atoms with Crippen molar-refractivity contribution in [2.45, 2.75) is 37.0 Å². The lowest BCUT2D eigenvalue weighted by atomic mass is 10.1. The standard InChI is InChI=1S/C17H20N2O3S2/c1-17(2,3)19-15(20)8-22-16(21)12-4-6-14(7-5-12)24-10-13-9-23-11-18-13/h4-7,9,11H,8,10H2,1-3H3,(H,19,20). The van der Waals surface area contributed by atoms with Gasteiger partial charge in [0, 0.05) is 21.6 Å². The molecule has 1 aromatic carbocycles. The third-order valence-corrected chi connectivity index (χ3v) is 4.49. The number of benzene rings is 1. The second-order valence-corrected chi connectivity index (χ2v) is 7.93. The SMILES string of the molecule is CC(C)(C)NC(=O)COC(=O)c1ccc(SCc2cscn2)cc1. The van der Waals surface area contributed by atoms with E-state index in [1.54, 1.807) is 35.2 Å². The molecule has 0 saturated carbocycles. The second kappa shape index (κ2) is 8.30. The molecule has 0 aliphatic rings. The molecular formula is C17H20N2O3S2. The van der Waals surface area contributed by atoms with Crippen LogP contribution >= 0.6 is 23.1 Å². The van der Waals surface area contributed by atoms with Crippen LogP contribution in [0.25, 0.3) is 0 Å². The number of esters is 1. The molecule has 2 aromatic rings. The lowest BCUT2D eigenvalue weighted by Crippen LogP contribution is -2.42. The smallest absolute Gasteiger partial charge is 0.338 e. The van der Waals surface area contributed by atoms with E-state index in [0.29, 0.717) is 5.56 Å². The number of nitrogens with zero attached hydrogens (tertiary/aromatic N) is 1. The van der Waals surface area contributed by atoms with Crippen LogP contribution < -0.4 is 5.32 Å². The number of thiazole rings is 1. The van der Waals surface area contributed by atoms with Crippen molar-refractivity contribution in [2.24, 2.45) is 0 Å². The second-order valence-electron chi connectivity index (χ2n) is 6.17. The van der Waals surface area contributed by atoms with Gasteiger partial charge in [0.25, 0.3) is 5.91 Å². The summed E-state index contributed by atoms with van der Waals surface area (Å²) in [6, 6.07) is 7.13. The fourth-order valence-electron chi connectivity index (χ4n) is 1.82. The highest BCUT2D eigenvalue weighted by molar-refractivity contribution is 7.98.